The molecule has 0 saturated heterocycles. The first-order valence-electron chi connectivity index (χ1n) is 6.36. The van der Waals surface area contributed by atoms with Crippen molar-refractivity contribution in [1.29, 1.82) is 0 Å². The number of aromatic hydroxyl groups is 1. The number of aryl methyl sites for hydroxylation is 1. The van der Waals surface area contributed by atoms with Crippen molar-refractivity contribution >= 4 is 46.1 Å². The van der Waals surface area contributed by atoms with Crippen LogP contribution in [0.4, 0.5) is 11.4 Å². The predicted molar refractivity (Wildman–Crippen MR) is 93.6 cm³/mol. The fourth-order valence-corrected chi connectivity index (χ4v) is 2.67. The topological polar surface area (TPSA) is 61.7 Å². The fourth-order valence-electron chi connectivity index (χ4n) is 1.87. The van der Waals surface area contributed by atoms with E-state index in [4.69, 9.17) is 0 Å². The Labute approximate surface area is 137 Å². The van der Waals surface area contributed by atoms with Gasteiger partial charge in [0.25, 0.3) is 0 Å². The van der Waals surface area contributed by atoms with E-state index in [0.717, 1.165) is 9.13 Å². The van der Waals surface area contributed by atoms with Gasteiger partial charge < -0.3 is 10.4 Å². The van der Waals surface area contributed by atoms with Crippen LogP contribution in [0.3, 0.4) is 0 Å². The first kappa shape index (κ1) is 15.5. The summed E-state index contributed by atoms with van der Waals surface area (Å²) in [5.74, 6) is 0.110. The maximum atomic E-state index is 11.0. The van der Waals surface area contributed by atoms with Gasteiger partial charge in [-0.15, -0.1) is 0 Å². The van der Waals surface area contributed by atoms with E-state index in [1.54, 1.807) is 18.3 Å². The number of aliphatic imine (C=N–C) groups is 1. The maximum Gasteiger partial charge on any atom is 0.221 e. The molecule has 0 heterocycles. The summed E-state index contributed by atoms with van der Waals surface area (Å²) in [6, 6.07) is 11.0. The van der Waals surface area contributed by atoms with E-state index >= 15 is 0 Å². The molecule has 0 unspecified atom stereocenters. The molecule has 0 aromatic heterocycles. The molecule has 21 heavy (non-hydrogen) atoms. The zero-order chi connectivity index (χ0) is 15.4. The minimum absolute atomic E-state index is 0.123. The number of hydrogen-bond acceptors (Lipinski definition) is 3. The molecule has 1 amide bonds. The van der Waals surface area contributed by atoms with Crippen LogP contribution in [0.1, 0.15) is 18.1 Å². The summed E-state index contributed by atoms with van der Waals surface area (Å²) in [5, 5.41) is 12.7. The zero-order valence-corrected chi connectivity index (χ0v) is 13.9. The number of anilines is 1. The highest BCUT2D eigenvalue weighted by atomic mass is 127. The molecular weight excluding hydrogens is 379 g/mol. The van der Waals surface area contributed by atoms with E-state index < -0.39 is 0 Å². The summed E-state index contributed by atoms with van der Waals surface area (Å²) >= 11 is 2.20. The molecule has 2 N–H and O–H groups in total. The first-order valence-corrected chi connectivity index (χ1v) is 7.44. The Morgan fingerprint density at radius 3 is 2.81 bits per heavy atom. The quantitative estimate of drug-likeness (QED) is 0.611. The second-order valence-electron chi connectivity index (χ2n) is 4.65. The summed E-state index contributed by atoms with van der Waals surface area (Å²) in [5.41, 5.74) is 2.89. The number of phenols is 1. The van der Waals surface area contributed by atoms with Crippen molar-refractivity contribution in [3.63, 3.8) is 0 Å². The zero-order valence-electron chi connectivity index (χ0n) is 11.7. The number of phenolic OH excluding ortho intramolecular Hbond substituents is 1. The molecular formula is C16H15IN2O2. The summed E-state index contributed by atoms with van der Waals surface area (Å²) in [6.07, 6.45) is 1.62. The molecule has 2 aromatic rings. The van der Waals surface area contributed by atoms with Gasteiger partial charge in [0.1, 0.15) is 5.75 Å². The van der Waals surface area contributed by atoms with E-state index in [2.05, 4.69) is 32.9 Å². The lowest BCUT2D eigenvalue weighted by molar-refractivity contribution is -0.114. The number of rotatable bonds is 3. The highest BCUT2D eigenvalue weighted by Gasteiger charge is 2.04. The average molecular weight is 394 g/mol. The molecule has 0 atom stereocenters. The van der Waals surface area contributed by atoms with Gasteiger partial charge in [-0.25, -0.2) is 0 Å². The third kappa shape index (κ3) is 4.29. The molecule has 0 bridgehead atoms. The largest absolute Gasteiger partial charge is 0.507 e. The van der Waals surface area contributed by atoms with Crippen LogP contribution in [-0.4, -0.2) is 17.2 Å². The van der Waals surface area contributed by atoms with E-state index in [-0.39, 0.29) is 11.7 Å². The number of benzene rings is 2. The van der Waals surface area contributed by atoms with Crippen molar-refractivity contribution in [3.8, 4) is 5.75 Å². The average Bonchev–Trinajstić information content (AvgIpc) is 2.41. The summed E-state index contributed by atoms with van der Waals surface area (Å²) in [4.78, 5) is 15.4. The van der Waals surface area contributed by atoms with Gasteiger partial charge in [-0.1, -0.05) is 6.07 Å². The van der Waals surface area contributed by atoms with Crippen LogP contribution in [0.15, 0.2) is 41.4 Å². The fraction of sp³-hybridized carbons (Fsp3) is 0.125. The van der Waals surface area contributed by atoms with Gasteiger partial charge in [-0.3, -0.25) is 9.79 Å². The standard InChI is InChI=1S/C16H15IN2O2/c1-10-6-13(17)7-12(16(10)21)9-18-14-4-3-5-15(8-14)19-11(2)20/h3-9,21H,1-2H3,(H,19,20). The van der Waals surface area contributed by atoms with Crippen molar-refractivity contribution in [2.45, 2.75) is 13.8 Å². The first-order chi connectivity index (χ1) is 9.95. The second-order valence-corrected chi connectivity index (χ2v) is 5.90. The van der Waals surface area contributed by atoms with Crippen molar-refractivity contribution in [2.75, 3.05) is 5.32 Å². The Morgan fingerprint density at radius 2 is 2.10 bits per heavy atom. The molecule has 0 aliphatic heterocycles. The van der Waals surface area contributed by atoms with E-state index in [1.807, 2.05) is 31.2 Å². The van der Waals surface area contributed by atoms with Crippen LogP contribution in [0.5, 0.6) is 5.75 Å². The number of carbonyl (C=O) groups is 1. The minimum atomic E-state index is -0.123. The molecule has 5 heteroatoms. The monoisotopic (exact) mass is 394 g/mol. The van der Waals surface area contributed by atoms with Crippen molar-refractivity contribution in [3.05, 3.63) is 51.1 Å². The van der Waals surface area contributed by atoms with Crippen molar-refractivity contribution in [1.82, 2.24) is 0 Å². The maximum absolute atomic E-state index is 11.0. The molecule has 108 valence electrons. The van der Waals surface area contributed by atoms with Crippen LogP contribution in [0.2, 0.25) is 0 Å². The molecule has 2 rings (SSSR count). The van der Waals surface area contributed by atoms with E-state index in [1.165, 1.54) is 6.92 Å². The molecule has 2 aromatic carbocycles. The summed E-state index contributed by atoms with van der Waals surface area (Å²) in [6.45, 7) is 3.31. The number of carbonyl (C=O) groups excluding carboxylic acids is 1. The Balaban J connectivity index is 2.27. The SMILES string of the molecule is CC(=O)Nc1cccc(N=Cc2cc(I)cc(C)c2O)c1. The van der Waals surface area contributed by atoms with E-state index in [9.17, 15) is 9.90 Å². The van der Waals surface area contributed by atoms with Crippen LogP contribution >= 0.6 is 22.6 Å². The minimum Gasteiger partial charge on any atom is -0.507 e. The Kier molecular flexibility index (Phi) is 4.95. The highest BCUT2D eigenvalue weighted by Crippen LogP contribution is 2.24. The van der Waals surface area contributed by atoms with Crippen LogP contribution < -0.4 is 5.32 Å². The Hall–Kier alpha value is -1.89. The van der Waals surface area contributed by atoms with Crippen LogP contribution in [-0.2, 0) is 4.79 Å². The summed E-state index contributed by atoms with van der Waals surface area (Å²) in [7, 11) is 0. The second kappa shape index (κ2) is 6.71. The van der Waals surface area contributed by atoms with Gasteiger partial charge in [0.15, 0.2) is 0 Å². The van der Waals surface area contributed by atoms with Gasteiger partial charge in [0.2, 0.25) is 5.91 Å². The molecule has 0 aliphatic rings. The molecule has 0 saturated carbocycles. The van der Waals surface area contributed by atoms with E-state index in [0.29, 0.717) is 16.9 Å². The number of hydrogen-bond donors (Lipinski definition) is 2. The van der Waals surface area contributed by atoms with Gasteiger partial charge in [0.05, 0.1) is 5.69 Å². The lowest BCUT2D eigenvalue weighted by atomic mass is 10.1. The molecule has 4 nitrogen and oxygen atoms in total. The number of nitrogens with one attached hydrogen (secondary N) is 1. The number of nitrogens with zero attached hydrogens (tertiary/aromatic N) is 1. The molecule has 0 fully saturated rings. The van der Waals surface area contributed by atoms with Gasteiger partial charge in [-0.05, 0) is 65.4 Å². The van der Waals surface area contributed by atoms with Gasteiger partial charge in [-0.2, -0.15) is 0 Å². The van der Waals surface area contributed by atoms with Crippen molar-refractivity contribution in [2.24, 2.45) is 4.99 Å². The normalized spacial score (nSPS) is 10.8. The predicted octanol–water partition coefficient (Wildman–Crippen LogP) is 4.01. The third-order valence-electron chi connectivity index (χ3n) is 2.81. The number of amides is 1. The molecule has 0 aliphatic carbocycles. The third-order valence-corrected chi connectivity index (χ3v) is 3.44. The van der Waals surface area contributed by atoms with Crippen LogP contribution in [0.25, 0.3) is 0 Å². The van der Waals surface area contributed by atoms with Crippen LogP contribution in [0, 0.1) is 10.5 Å². The Bertz CT molecular complexity index is 711. The lowest BCUT2D eigenvalue weighted by Crippen LogP contribution is -2.05. The van der Waals surface area contributed by atoms with Crippen molar-refractivity contribution < 1.29 is 9.90 Å². The number of halogens is 1. The smallest absolute Gasteiger partial charge is 0.221 e. The lowest BCUT2D eigenvalue weighted by Gasteiger charge is -2.05. The summed E-state index contributed by atoms with van der Waals surface area (Å²) < 4.78 is 1.04. The van der Waals surface area contributed by atoms with Gasteiger partial charge in [0, 0.05) is 28.0 Å². The highest BCUT2D eigenvalue weighted by molar-refractivity contribution is 14.1. The molecule has 0 radical (unpaired) electrons. The molecule has 0 spiro atoms. The van der Waals surface area contributed by atoms with Gasteiger partial charge >= 0.3 is 0 Å². The Morgan fingerprint density at radius 1 is 1.33 bits per heavy atom.